The van der Waals surface area contributed by atoms with Crippen LogP contribution in [0, 0.1) is 17.1 Å². The van der Waals surface area contributed by atoms with E-state index in [9.17, 15) is 9.18 Å². The molecule has 0 aromatic heterocycles. The molecule has 2 rings (SSSR count). The first-order valence-corrected chi connectivity index (χ1v) is 7.54. The molecule has 0 aliphatic carbocycles. The molecular formula is C19H18FN3O. The van der Waals surface area contributed by atoms with Crippen LogP contribution in [-0.4, -0.2) is 5.91 Å². The van der Waals surface area contributed by atoms with Crippen molar-refractivity contribution >= 4 is 5.91 Å². The summed E-state index contributed by atoms with van der Waals surface area (Å²) in [6, 6.07) is 17.3. The number of carbonyl (C=O) groups is 1. The predicted molar refractivity (Wildman–Crippen MR) is 89.9 cm³/mol. The van der Waals surface area contributed by atoms with Crippen molar-refractivity contribution in [2.75, 3.05) is 0 Å². The summed E-state index contributed by atoms with van der Waals surface area (Å²) < 4.78 is 13.1. The lowest BCUT2D eigenvalue weighted by Gasteiger charge is -2.13. The summed E-state index contributed by atoms with van der Waals surface area (Å²) in [5.74, 6) is -0.784. The Labute approximate surface area is 140 Å². The first kappa shape index (κ1) is 17.2. The Morgan fingerprint density at radius 1 is 1.25 bits per heavy atom. The molecule has 0 fully saturated rings. The van der Waals surface area contributed by atoms with Crippen LogP contribution < -0.4 is 10.6 Å². The average Bonchev–Trinajstić information content (AvgIpc) is 2.59. The van der Waals surface area contributed by atoms with Crippen LogP contribution in [-0.2, 0) is 11.3 Å². The van der Waals surface area contributed by atoms with Crippen molar-refractivity contribution in [3.05, 3.63) is 83.3 Å². The van der Waals surface area contributed by atoms with E-state index in [-0.39, 0.29) is 17.4 Å². The van der Waals surface area contributed by atoms with Crippen molar-refractivity contribution in [2.24, 2.45) is 0 Å². The van der Waals surface area contributed by atoms with Gasteiger partial charge in [-0.2, -0.15) is 5.26 Å². The molecule has 24 heavy (non-hydrogen) atoms. The highest BCUT2D eigenvalue weighted by Gasteiger charge is 2.13. The van der Waals surface area contributed by atoms with E-state index in [4.69, 9.17) is 5.26 Å². The van der Waals surface area contributed by atoms with Gasteiger partial charge in [0.1, 0.15) is 17.5 Å². The Morgan fingerprint density at radius 3 is 2.67 bits per heavy atom. The molecule has 2 aromatic carbocycles. The van der Waals surface area contributed by atoms with Crippen LogP contribution in [0.5, 0.6) is 0 Å². The number of hydrogen-bond donors (Lipinski definition) is 2. The summed E-state index contributed by atoms with van der Waals surface area (Å²) in [6.45, 7) is 2.17. The SMILES string of the molecule is CC(NC(=O)/C(C#N)=C\NCc1cccc(F)c1)c1ccccc1. The summed E-state index contributed by atoms with van der Waals surface area (Å²) in [6.07, 6.45) is 1.35. The van der Waals surface area contributed by atoms with Crippen molar-refractivity contribution in [3.8, 4) is 6.07 Å². The van der Waals surface area contributed by atoms with Gasteiger partial charge in [-0.05, 0) is 30.2 Å². The molecule has 1 atom stereocenters. The van der Waals surface area contributed by atoms with Gasteiger partial charge in [-0.15, -0.1) is 0 Å². The quantitative estimate of drug-likeness (QED) is 0.634. The lowest BCUT2D eigenvalue weighted by atomic mass is 10.1. The van der Waals surface area contributed by atoms with E-state index in [2.05, 4.69) is 10.6 Å². The molecule has 0 spiro atoms. The third-order valence-corrected chi connectivity index (χ3v) is 3.45. The van der Waals surface area contributed by atoms with Gasteiger partial charge in [-0.1, -0.05) is 42.5 Å². The number of rotatable bonds is 6. The van der Waals surface area contributed by atoms with Gasteiger partial charge < -0.3 is 10.6 Å². The van der Waals surface area contributed by atoms with Crippen molar-refractivity contribution in [3.63, 3.8) is 0 Å². The Kier molecular flexibility index (Phi) is 6.09. The van der Waals surface area contributed by atoms with Crippen LogP contribution in [0.15, 0.2) is 66.4 Å². The molecule has 122 valence electrons. The summed E-state index contributed by atoms with van der Waals surface area (Å²) >= 11 is 0. The van der Waals surface area contributed by atoms with Gasteiger partial charge >= 0.3 is 0 Å². The maximum atomic E-state index is 13.1. The first-order valence-electron chi connectivity index (χ1n) is 7.54. The standard InChI is InChI=1S/C19H18FN3O/c1-14(16-7-3-2-4-8-16)23-19(24)17(11-21)13-22-12-15-6-5-9-18(20)10-15/h2-10,13-14,22H,12H2,1H3,(H,23,24)/b17-13-. The molecule has 0 aliphatic rings. The van der Waals surface area contributed by atoms with Gasteiger partial charge in [-0.25, -0.2) is 4.39 Å². The highest BCUT2D eigenvalue weighted by Crippen LogP contribution is 2.11. The second kappa shape index (κ2) is 8.49. The monoisotopic (exact) mass is 323 g/mol. The second-order valence-electron chi connectivity index (χ2n) is 5.29. The summed E-state index contributed by atoms with van der Waals surface area (Å²) in [7, 11) is 0. The van der Waals surface area contributed by atoms with Crippen LogP contribution in [0.4, 0.5) is 4.39 Å². The minimum atomic E-state index is -0.458. The highest BCUT2D eigenvalue weighted by molar-refractivity contribution is 5.97. The summed E-state index contributed by atoms with van der Waals surface area (Å²) in [5, 5.41) is 14.8. The molecule has 5 heteroatoms. The Balaban J connectivity index is 1.94. The van der Waals surface area contributed by atoms with Gasteiger partial charge in [0.2, 0.25) is 0 Å². The zero-order valence-corrected chi connectivity index (χ0v) is 13.3. The van der Waals surface area contributed by atoms with Gasteiger partial charge in [0.15, 0.2) is 0 Å². The predicted octanol–water partition coefficient (Wildman–Crippen LogP) is 3.20. The van der Waals surface area contributed by atoms with Crippen LogP contribution in [0.2, 0.25) is 0 Å². The van der Waals surface area contributed by atoms with Crippen molar-refractivity contribution in [1.82, 2.24) is 10.6 Å². The van der Waals surface area contributed by atoms with E-state index in [1.165, 1.54) is 18.3 Å². The van der Waals surface area contributed by atoms with E-state index in [1.807, 2.05) is 43.3 Å². The largest absolute Gasteiger partial charge is 0.386 e. The topological polar surface area (TPSA) is 64.9 Å². The van der Waals surface area contributed by atoms with Crippen molar-refractivity contribution < 1.29 is 9.18 Å². The second-order valence-corrected chi connectivity index (χ2v) is 5.29. The third-order valence-electron chi connectivity index (χ3n) is 3.45. The van der Waals surface area contributed by atoms with Gasteiger partial charge in [-0.3, -0.25) is 4.79 Å². The Morgan fingerprint density at radius 2 is 2.00 bits per heavy atom. The first-order chi connectivity index (χ1) is 11.6. The van der Waals surface area contributed by atoms with Gasteiger partial charge in [0, 0.05) is 12.7 Å². The molecule has 0 saturated heterocycles. The van der Waals surface area contributed by atoms with Crippen molar-refractivity contribution in [1.29, 1.82) is 5.26 Å². The molecule has 2 aromatic rings. The fraction of sp³-hybridized carbons (Fsp3) is 0.158. The molecule has 0 heterocycles. The lowest BCUT2D eigenvalue weighted by Crippen LogP contribution is -2.28. The number of hydrogen-bond acceptors (Lipinski definition) is 3. The van der Waals surface area contributed by atoms with Gasteiger partial charge in [0.25, 0.3) is 5.91 Å². The van der Waals surface area contributed by atoms with E-state index in [1.54, 1.807) is 12.1 Å². The minimum absolute atomic E-state index is 0.0332. The maximum absolute atomic E-state index is 13.1. The van der Waals surface area contributed by atoms with Crippen molar-refractivity contribution in [2.45, 2.75) is 19.5 Å². The number of nitriles is 1. The molecule has 0 aliphatic heterocycles. The van der Waals surface area contributed by atoms with Crippen LogP contribution in [0.1, 0.15) is 24.1 Å². The molecule has 0 radical (unpaired) electrons. The number of halogens is 1. The fourth-order valence-corrected chi connectivity index (χ4v) is 2.17. The zero-order valence-electron chi connectivity index (χ0n) is 13.3. The molecule has 4 nitrogen and oxygen atoms in total. The summed E-state index contributed by atoms with van der Waals surface area (Å²) in [4.78, 5) is 12.2. The van der Waals surface area contributed by atoms with E-state index < -0.39 is 5.91 Å². The maximum Gasteiger partial charge on any atom is 0.263 e. The normalized spacial score (nSPS) is 12.1. The Bertz CT molecular complexity index is 766. The van der Waals surface area contributed by atoms with Gasteiger partial charge in [0.05, 0.1) is 6.04 Å². The minimum Gasteiger partial charge on any atom is -0.386 e. The molecule has 1 unspecified atom stereocenters. The van der Waals surface area contributed by atoms with Crippen LogP contribution in [0.25, 0.3) is 0 Å². The smallest absolute Gasteiger partial charge is 0.263 e. The molecule has 1 amide bonds. The fourth-order valence-electron chi connectivity index (χ4n) is 2.17. The van der Waals surface area contributed by atoms with Crippen LogP contribution in [0.3, 0.4) is 0 Å². The third kappa shape index (κ3) is 4.96. The Hall–Kier alpha value is -3.13. The number of nitrogens with zero attached hydrogens (tertiary/aromatic N) is 1. The van der Waals surface area contributed by atoms with E-state index in [0.29, 0.717) is 6.54 Å². The highest BCUT2D eigenvalue weighted by atomic mass is 19.1. The van der Waals surface area contributed by atoms with E-state index in [0.717, 1.165) is 11.1 Å². The van der Waals surface area contributed by atoms with E-state index >= 15 is 0 Å². The number of benzene rings is 2. The number of nitrogens with one attached hydrogen (secondary N) is 2. The molecule has 0 bridgehead atoms. The zero-order chi connectivity index (χ0) is 17.4. The van der Waals surface area contributed by atoms with Crippen LogP contribution >= 0.6 is 0 Å². The lowest BCUT2D eigenvalue weighted by molar-refractivity contribution is -0.117. The molecular weight excluding hydrogens is 305 g/mol. The molecule has 0 saturated carbocycles. The number of amides is 1. The average molecular weight is 323 g/mol. The summed E-state index contributed by atoms with van der Waals surface area (Å²) in [5.41, 5.74) is 1.65. The number of carbonyl (C=O) groups excluding carboxylic acids is 1. The molecule has 2 N–H and O–H groups in total.